The highest BCUT2D eigenvalue weighted by Gasteiger charge is 2.12. The van der Waals surface area contributed by atoms with Gasteiger partial charge in [0.15, 0.2) is 0 Å². The number of hydrogen-bond acceptors (Lipinski definition) is 6. The summed E-state index contributed by atoms with van der Waals surface area (Å²) in [7, 11) is 0. The quantitative estimate of drug-likeness (QED) is 0.712. The van der Waals surface area contributed by atoms with Crippen LogP contribution in [0.1, 0.15) is 10.4 Å². The van der Waals surface area contributed by atoms with Crippen LogP contribution in [-0.2, 0) is 4.74 Å². The fourth-order valence-electron chi connectivity index (χ4n) is 3.01. The van der Waals surface area contributed by atoms with Gasteiger partial charge in [0, 0.05) is 48.1 Å². The second-order valence-electron chi connectivity index (χ2n) is 6.38. The molecule has 1 aliphatic rings. The molecule has 0 saturated carbocycles. The minimum Gasteiger partial charge on any atom is -0.378 e. The lowest BCUT2D eigenvalue weighted by Crippen LogP contribution is -2.36. The minimum absolute atomic E-state index is 0.170. The number of morpholine rings is 1. The Kier molecular flexibility index (Phi) is 5.44. The third-order valence-corrected chi connectivity index (χ3v) is 4.45. The van der Waals surface area contributed by atoms with Gasteiger partial charge in [-0.2, -0.15) is 0 Å². The molecule has 1 aliphatic heterocycles. The highest BCUT2D eigenvalue weighted by atomic mass is 16.5. The van der Waals surface area contributed by atoms with E-state index in [9.17, 15) is 4.79 Å². The Morgan fingerprint density at radius 3 is 2.43 bits per heavy atom. The number of carbonyl (C=O) groups is 1. The number of rotatable bonds is 5. The molecule has 0 bridgehead atoms. The Morgan fingerprint density at radius 2 is 1.68 bits per heavy atom. The smallest absolute Gasteiger partial charge is 0.255 e. The van der Waals surface area contributed by atoms with Crippen molar-refractivity contribution >= 4 is 28.9 Å². The van der Waals surface area contributed by atoms with E-state index in [1.165, 1.54) is 0 Å². The first-order valence-electron chi connectivity index (χ1n) is 9.16. The Morgan fingerprint density at radius 1 is 0.929 bits per heavy atom. The zero-order valence-corrected chi connectivity index (χ0v) is 15.3. The number of nitrogens with zero attached hydrogens (tertiary/aromatic N) is 3. The van der Waals surface area contributed by atoms with Gasteiger partial charge in [-0.3, -0.25) is 4.79 Å². The largest absolute Gasteiger partial charge is 0.378 e. The van der Waals surface area contributed by atoms with Crippen molar-refractivity contribution < 1.29 is 9.53 Å². The first-order chi connectivity index (χ1) is 13.8. The van der Waals surface area contributed by atoms with Crippen molar-refractivity contribution in [3.63, 3.8) is 0 Å². The molecule has 1 amide bonds. The van der Waals surface area contributed by atoms with Gasteiger partial charge in [0.25, 0.3) is 5.91 Å². The van der Waals surface area contributed by atoms with E-state index in [-0.39, 0.29) is 5.91 Å². The van der Waals surface area contributed by atoms with Crippen LogP contribution in [0.4, 0.5) is 23.0 Å². The van der Waals surface area contributed by atoms with E-state index in [1.54, 1.807) is 30.6 Å². The third kappa shape index (κ3) is 4.44. The molecular weight excluding hydrogens is 354 g/mol. The SMILES string of the molecule is O=C(Nc1ccc(N2CCOCC2)cc1)c1cccc(Nc2ncccn2)c1. The van der Waals surface area contributed by atoms with Crippen molar-refractivity contribution in [2.45, 2.75) is 0 Å². The van der Waals surface area contributed by atoms with Crippen molar-refractivity contribution in [3.05, 3.63) is 72.6 Å². The van der Waals surface area contributed by atoms with Gasteiger partial charge in [-0.15, -0.1) is 0 Å². The van der Waals surface area contributed by atoms with Gasteiger partial charge >= 0.3 is 0 Å². The van der Waals surface area contributed by atoms with Crippen LogP contribution in [-0.4, -0.2) is 42.2 Å². The molecule has 4 rings (SSSR count). The summed E-state index contributed by atoms with van der Waals surface area (Å²) in [6.45, 7) is 3.26. The molecule has 142 valence electrons. The number of ether oxygens (including phenoxy) is 1. The maximum Gasteiger partial charge on any atom is 0.255 e. The molecule has 3 aromatic rings. The summed E-state index contributed by atoms with van der Waals surface area (Å²) in [4.78, 5) is 23.1. The van der Waals surface area contributed by atoms with Crippen LogP contribution < -0.4 is 15.5 Å². The number of aromatic nitrogens is 2. The zero-order chi connectivity index (χ0) is 19.2. The second kappa shape index (κ2) is 8.49. The van der Waals surface area contributed by atoms with Crippen LogP contribution in [0.2, 0.25) is 0 Å². The average Bonchev–Trinajstić information content (AvgIpc) is 2.76. The molecule has 2 heterocycles. The van der Waals surface area contributed by atoms with Crippen molar-refractivity contribution in [1.82, 2.24) is 9.97 Å². The summed E-state index contributed by atoms with van der Waals surface area (Å²) >= 11 is 0. The lowest BCUT2D eigenvalue weighted by Gasteiger charge is -2.28. The Bertz CT molecular complexity index is 925. The monoisotopic (exact) mass is 375 g/mol. The Hall–Kier alpha value is -3.45. The van der Waals surface area contributed by atoms with E-state index >= 15 is 0 Å². The maximum atomic E-state index is 12.6. The molecule has 0 aliphatic carbocycles. The molecule has 0 atom stereocenters. The summed E-state index contributed by atoms with van der Waals surface area (Å²) in [6, 6.07) is 16.9. The van der Waals surface area contributed by atoms with Crippen LogP contribution in [0.25, 0.3) is 0 Å². The van der Waals surface area contributed by atoms with E-state index in [1.807, 2.05) is 36.4 Å². The number of carbonyl (C=O) groups excluding carboxylic acids is 1. The first-order valence-corrected chi connectivity index (χ1v) is 9.16. The number of hydrogen-bond donors (Lipinski definition) is 2. The highest BCUT2D eigenvalue weighted by Crippen LogP contribution is 2.20. The molecule has 0 unspecified atom stereocenters. The molecule has 1 fully saturated rings. The van der Waals surface area contributed by atoms with Gasteiger partial charge in [-0.1, -0.05) is 6.07 Å². The normalized spacial score (nSPS) is 13.8. The van der Waals surface area contributed by atoms with Crippen LogP contribution in [0.5, 0.6) is 0 Å². The second-order valence-corrected chi connectivity index (χ2v) is 6.38. The maximum absolute atomic E-state index is 12.6. The first kappa shape index (κ1) is 17.9. The van der Waals surface area contributed by atoms with Crippen molar-refractivity contribution in [3.8, 4) is 0 Å². The van der Waals surface area contributed by atoms with E-state index in [4.69, 9.17) is 4.74 Å². The predicted molar refractivity (Wildman–Crippen MR) is 109 cm³/mol. The van der Waals surface area contributed by atoms with Gasteiger partial charge in [-0.25, -0.2) is 9.97 Å². The average molecular weight is 375 g/mol. The van der Waals surface area contributed by atoms with E-state index in [0.29, 0.717) is 11.5 Å². The highest BCUT2D eigenvalue weighted by molar-refractivity contribution is 6.04. The summed E-state index contributed by atoms with van der Waals surface area (Å²) < 4.78 is 5.38. The summed E-state index contributed by atoms with van der Waals surface area (Å²) in [5, 5.41) is 6.03. The van der Waals surface area contributed by atoms with Gasteiger partial charge in [0.1, 0.15) is 0 Å². The standard InChI is InChI=1S/C21H21N5O2/c27-20(16-3-1-4-18(15-16)25-21-22-9-2-10-23-21)24-17-5-7-19(8-6-17)26-11-13-28-14-12-26/h1-10,15H,11-14H2,(H,24,27)(H,22,23,25). The molecule has 2 aromatic carbocycles. The molecule has 0 spiro atoms. The molecular formula is C21H21N5O2. The number of anilines is 4. The van der Waals surface area contributed by atoms with Crippen LogP contribution in [0, 0.1) is 0 Å². The van der Waals surface area contributed by atoms with E-state index in [0.717, 1.165) is 43.4 Å². The number of benzene rings is 2. The third-order valence-electron chi connectivity index (χ3n) is 4.45. The van der Waals surface area contributed by atoms with Gasteiger partial charge in [0.2, 0.25) is 5.95 Å². The summed E-state index contributed by atoms with van der Waals surface area (Å²) in [5.41, 5.74) is 3.20. The zero-order valence-electron chi connectivity index (χ0n) is 15.3. The molecule has 2 N–H and O–H groups in total. The van der Waals surface area contributed by atoms with Crippen molar-refractivity contribution in [1.29, 1.82) is 0 Å². The molecule has 28 heavy (non-hydrogen) atoms. The lowest BCUT2D eigenvalue weighted by atomic mass is 10.1. The molecule has 1 aromatic heterocycles. The van der Waals surface area contributed by atoms with Crippen LogP contribution in [0.15, 0.2) is 67.0 Å². The summed E-state index contributed by atoms with van der Waals surface area (Å²) in [6.07, 6.45) is 3.32. The Labute approximate surface area is 163 Å². The van der Waals surface area contributed by atoms with Crippen LogP contribution >= 0.6 is 0 Å². The molecule has 0 radical (unpaired) electrons. The van der Waals surface area contributed by atoms with Gasteiger partial charge in [-0.05, 0) is 48.5 Å². The van der Waals surface area contributed by atoms with Gasteiger partial charge < -0.3 is 20.3 Å². The minimum atomic E-state index is -0.170. The van der Waals surface area contributed by atoms with E-state index in [2.05, 4.69) is 25.5 Å². The van der Waals surface area contributed by atoms with Crippen molar-refractivity contribution in [2.75, 3.05) is 41.8 Å². The fourth-order valence-corrected chi connectivity index (χ4v) is 3.01. The summed E-state index contributed by atoms with van der Waals surface area (Å²) in [5.74, 6) is 0.315. The number of nitrogens with one attached hydrogen (secondary N) is 2. The molecule has 1 saturated heterocycles. The van der Waals surface area contributed by atoms with Gasteiger partial charge in [0.05, 0.1) is 13.2 Å². The predicted octanol–water partition coefficient (Wildman–Crippen LogP) is 3.31. The molecule has 7 heteroatoms. The Balaban J connectivity index is 1.41. The fraction of sp³-hybridized carbons (Fsp3) is 0.190. The lowest BCUT2D eigenvalue weighted by molar-refractivity contribution is 0.102. The molecule has 7 nitrogen and oxygen atoms in total. The van der Waals surface area contributed by atoms with Crippen LogP contribution in [0.3, 0.4) is 0 Å². The number of amides is 1. The van der Waals surface area contributed by atoms with Crippen molar-refractivity contribution in [2.24, 2.45) is 0 Å². The van der Waals surface area contributed by atoms with E-state index < -0.39 is 0 Å². The topological polar surface area (TPSA) is 79.4 Å².